The maximum Gasteiger partial charge on any atom is 0.414 e. The second-order valence-electron chi connectivity index (χ2n) is 7.95. The van der Waals surface area contributed by atoms with Gasteiger partial charge < -0.3 is 15.4 Å². The molecule has 7 nitrogen and oxygen atoms in total. The number of Topliss-reactive ketones (excluding diaryl/α,β-unsaturated/α-hetero) is 1. The van der Waals surface area contributed by atoms with Crippen molar-refractivity contribution < 1.29 is 32.3 Å². The standard InChI is InChI=1S/C22H22F3N3O4S/c1-12(29)22(2)7-3-4-18(30)17(9-22)27-16-6-5-13(8-15(16)23)28-11-14(32-21(28)31)10-26-20(33)19(24)25/h3-6,8-9,14,19,27H,7,10-11H2,1-2H3,(H,26,33). The molecule has 176 valence electrons. The Morgan fingerprint density at radius 2 is 2.09 bits per heavy atom. The number of allylic oxidation sites excluding steroid dienone is 3. The van der Waals surface area contributed by atoms with E-state index in [9.17, 15) is 27.6 Å². The summed E-state index contributed by atoms with van der Waals surface area (Å²) in [6, 6.07) is 3.89. The fourth-order valence-electron chi connectivity index (χ4n) is 3.34. The summed E-state index contributed by atoms with van der Waals surface area (Å²) in [6.07, 6.45) is 0.440. The molecule has 0 bridgehead atoms. The lowest BCUT2D eigenvalue weighted by atomic mass is 9.82. The van der Waals surface area contributed by atoms with Crippen molar-refractivity contribution in [1.29, 1.82) is 0 Å². The molecular weight excluding hydrogens is 459 g/mol. The number of hydrogen-bond donors (Lipinski definition) is 2. The molecule has 0 aromatic heterocycles. The van der Waals surface area contributed by atoms with Gasteiger partial charge in [0.15, 0.2) is 0 Å². The summed E-state index contributed by atoms with van der Waals surface area (Å²) < 4.78 is 44.9. The van der Waals surface area contributed by atoms with Gasteiger partial charge in [0.1, 0.15) is 22.7 Å². The highest BCUT2D eigenvalue weighted by atomic mass is 32.1. The van der Waals surface area contributed by atoms with E-state index in [1.54, 1.807) is 13.0 Å². The van der Waals surface area contributed by atoms with E-state index in [1.807, 2.05) is 0 Å². The van der Waals surface area contributed by atoms with Crippen LogP contribution in [0.2, 0.25) is 0 Å². The number of cyclic esters (lactones) is 1. The third-order valence-corrected chi connectivity index (χ3v) is 5.78. The summed E-state index contributed by atoms with van der Waals surface area (Å²) in [5.74, 6) is -1.28. The maximum atomic E-state index is 14.8. The Kier molecular flexibility index (Phi) is 7.21. The highest BCUT2D eigenvalue weighted by Gasteiger charge is 2.33. The molecule has 0 spiro atoms. The molecule has 1 amide bonds. The first kappa shape index (κ1) is 24.4. The molecule has 1 aromatic carbocycles. The van der Waals surface area contributed by atoms with Crippen LogP contribution in [-0.2, 0) is 14.3 Å². The second kappa shape index (κ2) is 9.74. The van der Waals surface area contributed by atoms with Gasteiger partial charge in [-0.25, -0.2) is 18.0 Å². The molecule has 1 fully saturated rings. The first-order valence-corrected chi connectivity index (χ1v) is 10.5. The SMILES string of the molecule is CC(=O)C1(C)C=C(Nc2ccc(N3CC(CNC(=S)C(F)F)OC3=O)cc2F)C(=O)C=CC1. The summed E-state index contributed by atoms with van der Waals surface area (Å²) in [7, 11) is 0. The Bertz CT molecular complexity index is 1060. The number of rotatable bonds is 7. The number of thiocarbonyl (C=S) groups is 1. The summed E-state index contributed by atoms with van der Waals surface area (Å²) >= 11 is 4.49. The van der Waals surface area contributed by atoms with Crippen LogP contribution in [0.5, 0.6) is 0 Å². The zero-order chi connectivity index (χ0) is 24.3. The molecule has 33 heavy (non-hydrogen) atoms. The van der Waals surface area contributed by atoms with E-state index in [0.717, 1.165) is 11.0 Å². The maximum absolute atomic E-state index is 14.8. The molecule has 1 aliphatic carbocycles. The fraction of sp³-hybridized carbons (Fsp3) is 0.364. The Morgan fingerprint density at radius 3 is 2.73 bits per heavy atom. The number of carbonyl (C=O) groups excluding carboxylic acids is 3. The van der Waals surface area contributed by atoms with Crippen LogP contribution in [0.4, 0.5) is 29.3 Å². The van der Waals surface area contributed by atoms with Crippen LogP contribution >= 0.6 is 12.2 Å². The molecule has 2 atom stereocenters. The normalized spacial score (nSPS) is 22.7. The van der Waals surface area contributed by atoms with Crippen molar-refractivity contribution in [2.75, 3.05) is 23.3 Å². The predicted molar refractivity (Wildman–Crippen MR) is 120 cm³/mol. The number of nitrogens with one attached hydrogen (secondary N) is 2. The molecule has 2 unspecified atom stereocenters. The zero-order valence-corrected chi connectivity index (χ0v) is 18.7. The van der Waals surface area contributed by atoms with Gasteiger partial charge in [-0.3, -0.25) is 14.5 Å². The van der Waals surface area contributed by atoms with Crippen LogP contribution in [0, 0.1) is 11.2 Å². The number of alkyl halides is 2. The van der Waals surface area contributed by atoms with Crippen molar-refractivity contribution in [3.8, 4) is 0 Å². The molecule has 1 aromatic rings. The third kappa shape index (κ3) is 5.59. The molecule has 1 saturated heterocycles. The predicted octanol–water partition coefficient (Wildman–Crippen LogP) is 3.75. The van der Waals surface area contributed by atoms with Crippen LogP contribution in [0.15, 0.2) is 42.1 Å². The Hall–Kier alpha value is -3.21. The van der Waals surface area contributed by atoms with Crippen molar-refractivity contribution in [2.45, 2.75) is 32.8 Å². The van der Waals surface area contributed by atoms with Gasteiger partial charge in [0, 0.05) is 5.41 Å². The molecule has 1 heterocycles. The number of anilines is 2. The Balaban J connectivity index is 1.74. The average molecular weight is 481 g/mol. The van der Waals surface area contributed by atoms with E-state index < -0.39 is 40.6 Å². The first-order chi connectivity index (χ1) is 15.5. The number of nitrogens with zero attached hydrogens (tertiary/aromatic N) is 1. The van der Waals surface area contributed by atoms with Crippen molar-refractivity contribution in [3.05, 3.63) is 47.9 Å². The van der Waals surface area contributed by atoms with Gasteiger partial charge in [0.05, 0.1) is 30.2 Å². The van der Waals surface area contributed by atoms with Crippen LogP contribution in [0.3, 0.4) is 0 Å². The largest absolute Gasteiger partial charge is 0.442 e. The van der Waals surface area contributed by atoms with Gasteiger partial charge in [-0.1, -0.05) is 18.3 Å². The minimum absolute atomic E-state index is 0.00923. The highest BCUT2D eigenvalue weighted by molar-refractivity contribution is 7.80. The number of hydrogen-bond acceptors (Lipinski definition) is 6. The van der Waals surface area contributed by atoms with E-state index in [-0.39, 0.29) is 35.9 Å². The monoisotopic (exact) mass is 481 g/mol. The number of ether oxygens (including phenoxy) is 1. The van der Waals surface area contributed by atoms with E-state index >= 15 is 0 Å². The number of amides is 1. The Morgan fingerprint density at radius 1 is 1.36 bits per heavy atom. The van der Waals surface area contributed by atoms with Gasteiger partial charge >= 0.3 is 6.09 Å². The van der Waals surface area contributed by atoms with Crippen molar-refractivity contribution in [1.82, 2.24) is 5.32 Å². The first-order valence-electron chi connectivity index (χ1n) is 10.1. The second-order valence-corrected chi connectivity index (χ2v) is 8.39. The topological polar surface area (TPSA) is 87.7 Å². The Labute approximate surface area is 193 Å². The van der Waals surface area contributed by atoms with Crippen molar-refractivity contribution >= 4 is 46.2 Å². The molecule has 2 N–H and O–H groups in total. The molecule has 1 aliphatic heterocycles. The number of halogens is 3. The van der Waals surface area contributed by atoms with E-state index in [1.165, 1.54) is 31.2 Å². The average Bonchev–Trinajstić information content (AvgIpc) is 3.05. The van der Waals surface area contributed by atoms with Crippen LogP contribution < -0.4 is 15.5 Å². The van der Waals surface area contributed by atoms with Gasteiger partial charge in [0.25, 0.3) is 6.43 Å². The molecule has 0 radical (unpaired) electrons. The molecule has 2 aliphatic rings. The molecule has 11 heteroatoms. The minimum atomic E-state index is -2.82. The third-order valence-electron chi connectivity index (χ3n) is 5.45. The lowest BCUT2D eigenvalue weighted by Gasteiger charge is -2.21. The van der Waals surface area contributed by atoms with Crippen molar-refractivity contribution in [2.24, 2.45) is 5.41 Å². The van der Waals surface area contributed by atoms with E-state index in [4.69, 9.17) is 4.74 Å². The lowest BCUT2D eigenvalue weighted by molar-refractivity contribution is -0.123. The highest BCUT2D eigenvalue weighted by Crippen LogP contribution is 2.31. The van der Waals surface area contributed by atoms with Crippen LogP contribution in [0.25, 0.3) is 0 Å². The molecular formula is C22H22F3N3O4S. The quantitative estimate of drug-likeness (QED) is 0.574. The lowest BCUT2D eigenvalue weighted by Crippen LogP contribution is -2.36. The van der Waals surface area contributed by atoms with E-state index in [2.05, 4.69) is 22.9 Å². The smallest absolute Gasteiger partial charge is 0.414 e. The molecule has 3 rings (SSSR count). The number of benzene rings is 1. The van der Waals surface area contributed by atoms with Gasteiger partial charge in [-0.15, -0.1) is 0 Å². The van der Waals surface area contributed by atoms with Gasteiger partial charge in [-0.05, 0) is 50.6 Å². The molecule has 0 saturated carbocycles. The van der Waals surface area contributed by atoms with Crippen molar-refractivity contribution in [3.63, 3.8) is 0 Å². The van der Waals surface area contributed by atoms with Gasteiger partial charge in [0.2, 0.25) is 5.78 Å². The summed E-state index contributed by atoms with van der Waals surface area (Å²) in [4.78, 5) is 37.1. The fourth-order valence-corrected chi connectivity index (χ4v) is 3.42. The van der Waals surface area contributed by atoms with E-state index in [0.29, 0.717) is 6.42 Å². The summed E-state index contributed by atoms with van der Waals surface area (Å²) in [5, 5.41) is 5.07. The number of ketones is 2. The van der Waals surface area contributed by atoms with Gasteiger partial charge in [-0.2, -0.15) is 0 Å². The zero-order valence-electron chi connectivity index (χ0n) is 17.9. The minimum Gasteiger partial charge on any atom is -0.442 e. The summed E-state index contributed by atoms with van der Waals surface area (Å²) in [5.41, 5.74) is -0.671. The number of carbonyl (C=O) groups is 3. The van der Waals surface area contributed by atoms with Crippen LogP contribution in [0.1, 0.15) is 20.3 Å². The summed E-state index contributed by atoms with van der Waals surface area (Å²) in [6.45, 7) is 3.02. The van der Waals surface area contributed by atoms with Crippen LogP contribution in [-0.4, -0.2) is 48.3 Å².